The lowest BCUT2D eigenvalue weighted by Crippen LogP contribution is -2.08. The van der Waals surface area contributed by atoms with Crippen molar-refractivity contribution in [1.82, 2.24) is 0 Å². The number of benzene rings is 1. The first kappa shape index (κ1) is 15.0. The highest BCUT2D eigenvalue weighted by Crippen LogP contribution is 2.12. The van der Waals surface area contributed by atoms with Crippen LogP contribution in [0, 0.1) is 5.92 Å². The molecule has 0 unspecified atom stereocenters. The van der Waals surface area contributed by atoms with Gasteiger partial charge in [-0.1, -0.05) is 26.0 Å². The lowest BCUT2D eigenvalue weighted by atomic mass is 10.1. The van der Waals surface area contributed by atoms with Crippen LogP contribution in [0.5, 0.6) is 5.75 Å². The van der Waals surface area contributed by atoms with E-state index >= 15 is 0 Å². The molecule has 0 heterocycles. The molecule has 0 spiro atoms. The van der Waals surface area contributed by atoms with Gasteiger partial charge in [0.25, 0.3) is 0 Å². The van der Waals surface area contributed by atoms with Gasteiger partial charge in [0.1, 0.15) is 12.4 Å². The van der Waals surface area contributed by atoms with E-state index in [4.69, 9.17) is 15.2 Å². The first-order valence-electron chi connectivity index (χ1n) is 6.72. The van der Waals surface area contributed by atoms with E-state index < -0.39 is 0 Å². The molecule has 0 amide bonds. The number of ether oxygens (including phenoxy) is 2. The fraction of sp³-hybridized carbons (Fsp3) is 0.600. The molecule has 0 atom stereocenters. The summed E-state index contributed by atoms with van der Waals surface area (Å²) in [5, 5.41) is 0. The van der Waals surface area contributed by atoms with Crippen molar-refractivity contribution < 1.29 is 9.47 Å². The average Bonchev–Trinajstić information content (AvgIpc) is 2.35. The van der Waals surface area contributed by atoms with Crippen molar-refractivity contribution in [1.29, 1.82) is 0 Å². The van der Waals surface area contributed by atoms with Crippen molar-refractivity contribution in [3.8, 4) is 5.75 Å². The lowest BCUT2D eigenvalue weighted by molar-refractivity contribution is 0.0926. The van der Waals surface area contributed by atoms with E-state index in [0.717, 1.165) is 25.2 Å². The molecule has 0 aliphatic rings. The van der Waals surface area contributed by atoms with Gasteiger partial charge in [-0.2, -0.15) is 0 Å². The molecule has 3 nitrogen and oxygen atoms in total. The van der Waals surface area contributed by atoms with Crippen LogP contribution in [0.25, 0.3) is 0 Å². The SMILES string of the molecule is CC(C)CCOCCOc1ccc(CCN)cc1. The zero-order valence-electron chi connectivity index (χ0n) is 11.5. The van der Waals surface area contributed by atoms with Crippen molar-refractivity contribution >= 4 is 0 Å². The van der Waals surface area contributed by atoms with Gasteiger partial charge in [-0.3, -0.25) is 0 Å². The molecule has 1 aromatic rings. The molecule has 0 saturated heterocycles. The summed E-state index contributed by atoms with van der Waals surface area (Å²) in [5.74, 6) is 1.59. The van der Waals surface area contributed by atoms with Crippen LogP contribution >= 0.6 is 0 Å². The van der Waals surface area contributed by atoms with E-state index in [-0.39, 0.29) is 0 Å². The van der Waals surface area contributed by atoms with Crippen LogP contribution < -0.4 is 10.5 Å². The molecule has 18 heavy (non-hydrogen) atoms. The van der Waals surface area contributed by atoms with Gasteiger partial charge in [-0.15, -0.1) is 0 Å². The largest absolute Gasteiger partial charge is 0.491 e. The van der Waals surface area contributed by atoms with Gasteiger partial charge in [-0.25, -0.2) is 0 Å². The van der Waals surface area contributed by atoms with Gasteiger partial charge in [-0.05, 0) is 43.0 Å². The highest BCUT2D eigenvalue weighted by atomic mass is 16.5. The molecule has 0 fully saturated rings. The third-order valence-electron chi connectivity index (χ3n) is 2.69. The number of hydrogen-bond acceptors (Lipinski definition) is 3. The number of nitrogens with two attached hydrogens (primary N) is 1. The Bertz CT molecular complexity index is 309. The molecule has 0 saturated carbocycles. The molecule has 1 rings (SSSR count). The Balaban J connectivity index is 2.11. The normalized spacial score (nSPS) is 10.9. The Kier molecular flexibility index (Phi) is 7.46. The Hall–Kier alpha value is -1.06. The molecule has 1 aromatic carbocycles. The monoisotopic (exact) mass is 251 g/mol. The van der Waals surface area contributed by atoms with Gasteiger partial charge in [0.15, 0.2) is 0 Å². The summed E-state index contributed by atoms with van der Waals surface area (Å²) < 4.78 is 11.1. The summed E-state index contributed by atoms with van der Waals surface area (Å²) in [4.78, 5) is 0. The second-order valence-corrected chi connectivity index (χ2v) is 4.83. The molecule has 3 heteroatoms. The van der Waals surface area contributed by atoms with Crippen LogP contribution in [0.1, 0.15) is 25.8 Å². The second kappa shape index (κ2) is 8.95. The second-order valence-electron chi connectivity index (χ2n) is 4.83. The summed E-state index contributed by atoms with van der Waals surface area (Å²) in [5.41, 5.74) is 6.75. The van der Waals surface area contributed by atoms with Gasteiger partial charge in [0.05, 0.1) is 6.61 Å². The molecule has 2 N–H and O–H groups in total. The van der Waals surface area contributed by atoms with Gasteiger partial charge in [0.2, 0.25) is 0 Å². The molecular formula is C15H25NO2. The van der Waals surface area contributed by atoms with Crippen LogP contribution in [0.4, 0.5) is 0 Å². The van der Waals surface area contributed by atoms with E-state index in [1.807, 2.05) is 12.1 Å². The third-order valence-corrected chi connectivity index (χ3v) is 2.69. The summed E-state index contributed by atoms with van der Waals surface area (Å²) in [6.45, 7) is 7.15. The fourth-order valence-electron chi connectivity index (χ4n) is 1.56. The molecule has 102 valence electrons. The zero-order chi connectivity index (χ0) is 13.2. The van der Waals surface area contributed by atoms with E-state index in [0.29, 0.717) is 25.7 Å². The predicted molar refractivity (Wildman–Crippen MR) is 75.0 cm³/mol. The van der Waals surface area contributed by atoms with Crippen LogP contribution in [-0.2, 0) is 11.2 Å². The Morgan fingerprint density at radius 3 is 2.39 bits per heavy atom. The number of hydrogen-bond donors (Lipinski definition) is 1. The summed E-state index contributed by atoms with van der Waals surface area (Å²) in [6, 6.07) is 8.09. The summed E-state index contributed by atoms with van der Waals surface area (Å²) in [6.07, 6.45) is 2.02. The first-order chi connectivity index (χ1) is 8.72. The van der Waals surface area contributed by atoms with E-state index in [1.165, 1.54) is 5.56 Å². The minimum atomic E-state index is 0.605. The van der Waals surface area contributed by atoms with Crippen LogP contribution in [0.3, 0.4) is 0 Å². The van der Waals surface area contributed by atoms with E-state index in [2.05, 4.69) is 26.0 Å². The van der Waals surface area contributed by atoms with E-state index in [1.54, 1.807) is 0 Å². The summed E-state index contributed by atoms with van der Waals surface area (Å²) in [7, 11) is 0. The van der Waals surface area contributed by atoms with Crippen LogP contribution in [0.2, 0.25) is 0 Å². The smallest absolute Gasteiger partial charge is 0.119 e. The minimum Gasteiger partial charge on any atom is -0.491 e. The maximum atomic E-state index is 5.59. The topological polar surface area (TPSA) is 44.5 Å². The quantitative estimate of drug-likeness (QED) is 0.686. The van der Waals surface area contributed by atoms with Crippen molar-refractivity contribution in [2.75, 3.05) is 26.4 Å². The third kappa shape index (κ3) is 6.62. The summed E-state index contributed by atoms with van der Waals surface area (Å²) >= 11 is 0. The molecule has 0 aliphatic carbocycles. The molecular weight excluding hydrogens is 226 g/mol. The lowest BCUT2D eigenvalue weighted by Gasteiger charge is -2.08. The number of rotatable bonds is 9. The Morgan fingerprint density at radius 2 is 1.78 bits per heavy atom. The molecule has 0 bridgehead atoms. The zero-order valence-corrected chi connectivity index (χ0v) is 11.5. The van der Waals surface area contributed by atoms with Crippen LogP contribution in [0.15, 0.2) is 24.3 Å². The highest BCUT2D eigenvalue weighted by molar-refractivity contribution is 5.27. The van der Waals surface area contributed by atoms with Crippen molar-refractivity contribution in [2.45, 2.75) is 26.7 Å². The average molecular weight is 251 g/mol. The van der Waals surface area contributed by atoms with Crippen molar-refractivity contribution in [2.24, 2.45) is 11.7 Å². The molecule has 0 radical (unpaired) electrons. The Morgan fingerprint density at radius 1 is 1.06 bits per heavy atom. The highest BCUT2D eigenvalue weighted by Gasteiger charge is 1.96. The molecule has 0 aromatic heterocycles. The van der Waals surface area contributed by atoms with Gasteiger partial charge < -0.3 is 15.2 Å². The van der Waals surface area contributed by atoms with Gasteiger partial charge >= 0.3 is 0 Å². The standard InChI is InChI=1S/C15H25NO2/c1-13(2)8-10-17-11-12-18-15-5-3-14(4-6-15)7-9-16/h3-6,13H,7-12,16H2,1-2H3. The minimum absolute atomic E-state index is 0.605. The van der Waals surface area contributed by atoms with Crippen molar-refractivity contribution in [3.63, 3.8) is 0 Å². The molecule has 0 aliphatic heterocycles. The first-order valence-corrected chi connectivity index (χ1v) is 6.72. The Labute approximate surface area is 110 Å². The van der Waals surface area contributed by atoms with Gasteiger partial charge in [0, 0.05) is 6.61 Å². The maximum Gasteiger partial charge on any atom is 0.119 e. The fourth-order valence-corrected chi connectivity index (χ4v) is 1.56. The van der Waals surface area contributed by atoms with E-state index in [9.17, 15) is 0 Å². The predicted octanol–water partition coefficient (Wildman–Crippen LogP) is 2.63. The maximum absolute atomic E-state index is 5.59. The van der Waals surface area contributed by atoms with Crippen LogP contribution in [-0.4, -0.2) is 26.4 Å². The van der Waals surface area contributed by atoms with Crippen molar-refractivity contribution in [3.05, 3.63) is 29.8 Å².